The van der Waals surface area contributed by atoms with E-state index in [4.69, 9.17) is 4.74 Å². The first-order valence-electron chi connectivity index (χ1n) is 6.00. The van der Waals surface area contributed by atoms with E-state index >= 15 is 0 Å². The van der Waals surface area contributed by atoms with Crippen LogP contribution in [0.1, 0.15) is 17.3 Å². The molecule has 1 heterocycles. The van der Waals surface area contributed by atoms with Crippen LogP contribution in [0.3, 0.4) is 0 Å². The third-order valence-electron chi connectivity index (χ3n) is 3.13. The van der Waals surface area contributed by atoms with Gasteiger partial charge < -0.3 is 14.7 Å². The van der Waals surface area contributed by atoms with Gasteiger partial charge in [0, 0.05) is 11.9 Å². The zero-order valence-corrected chi connectivity index (χ0v) is 12.1. The van der Waals surface area contributed by atoms with E-state index in [2.05, 4.69) is 15.9 Å². The van der Waals surface area contributed by atoms with Crippen molar-refractivity contribution in [2.45, 2.75) is 19.1 Å². The van der Waals surface area contributed by atoms with E-state index in [-0.39, 0.29) is 29.4 Å². The van der Waals surface area contributed by atoms with E-state index in [9.17, 15) is 14.3 Å². The number of nitrogens with zero attached hydrogens (tertiary/aromatic N) is 1. The summed E-state index contributed by atoms with van der Waals surface area (Å²) in [5, 5.41) is 10.3. The van der Waals surface area contributed by atoms with Crippen molar-refractivity contribution in [3.8, 4) is 5.75 Å². The molecule has 2 rings (SSSR count). The molecule has 1 aromatic rings. The first kappa shape index (κ1) is 14.3. The number of amides is 1. The smallest absolute Gasteiger partial charge is 0.258 e. The molecule has 1 amide bonds. The number of ether oxygens (including phenoxy) is 1. The number of morpholine rings is 1. The lowest BCUT2D eigenvalue weighted by atomic mass is 10.1. The molecule has 0 aromatic heterocycles. The fourth-order valence-electron chi connectivity index (χ4n) is 2.03. The molecule has 1 aliphatic rings. The molecule has 2 unspecified atom stereocenters. The zero-order valence-electron chi connectivity index (χ0n) is 10.5. The van der Waals surface area contributed by atoms with E-state index in [1.807, 2.05) is 6.92 Å². The Bertz CT molecular complexity index is 483. The Balaban J connectivity index is 2.24. The van der Waals surface area contributed by atoms with Crippen LogP contribution in [0.15, 0.2) is 18.2 Å². The number of benzene rings is 1. The lowest BCUT2D eigenvalue weighted by Crippen LogP contribution is -2.51. The fourth-order valence-corrected chi connectivity index (χ4v) is 2.42. The number of hydrogen-bond donors (Lipinski definition) is 1. The van der Waals surface area contributed by atoms with Gasteiger partial charge in [-0.15, -0.1) is 0 Å². The Kier molecular flexibility index (Phi) is 4.42. The average Bonchev–Trinajstić information content (AvgIpc) is 2.41. The second kappa shape index (κ2) is 5.88. The second-order valence-electron chi connectivity index (χ2n) is 4.58. The molecule has 4 nitrogen and oxygen atoms in total. The standard InChI is InChI=1S/C13H15BrFNO3/c1-8-7-19-10(5-14)6-16(8)13(18)11-4-9(15)2-3-12(11)17/h2-4,8,10,17H,5-7H2,1H3. The fraction of sp³-hybridized carbons (Fsp3) is 0.462. The molecule has 2 atom stereocenters. The number of carbonyl (C=O) groups excluding carboxylic acids is 1. The van der Waals surface area contributed by atoms with Gasteiger partial charge >= 0.3 is 0 Å². The molecule has 1 saturated heterocycles. The molecule has 0 radical (unpaired) electrons. The lowest BCUT2D eigenvalue weighted by Gasteiger charge is -2.37. The highest BCUT2D eigenvalue weighted by molar-refractivity contribution is 9.09. The minimum Gasteiger partial charge on any atom is -0.507 e. The van der Waals surface area contributed by atoms with Crippen LogP contribution in [-0.2, 0) is 4.74 Å². The molecule has 6 heteroatoms. The first-order valence-corrected chi connectivity index (χ1v) is 7.12. The van der Waals surface area contributed by atoms with Crippen LogP contribution in [0, 0.1) is 5.82 Å². The van der Waals surface area contributed by atoms with E-state index in [0.29, 0.717) is 18.5 Å². The summed E-state index contributed by atoms with van der Waals surface area (Å²) in [5.41, 5.74) is -0.0120. The number of carbonyl (C=O) groups is 1. The predicted molar refractivity (Wildman–Crippen MR) is 72.1 cm³/mol. The minimum absolute atomic E-state index is 0.0120. The summed E-state index contributed by atoms with van der Waals surface area (Å²) >= 11 is 3.32. The SMILES string of the molecule is CC1COC(CBr)CN1C(=O)c1cc(F)ccc1O. The summed E-state index contributed by atoms with van der Waals surface area (Å²) in [6, 6.07) is 3.26. The van der Waals surface area contributed by atoms with Crippen LogP contribution in [0.2, 0.25) is 0 Å². The molecule has 1 aromatic carbocycles. The van der Waals surface area contributed by atoms with Crippen molar-refractivity contribution in [3.05, 3.63) is 29.6 Å². The van der Waals surface area contributed by atoms with Gasteiger partial charge in [0.25, 0.3) is 5.91 Å². The normalized spacial score (nSPS) is 23.4. The molecule has 1 fully saturated rings. The average molecular weight is 332 g/mol. The van der Waals surface area contributed by atoms with E-state index in [1.54, 1.807) is 4.90 Å². The van der Waals surface area contributed by atoms with Gasteiger partial charge in [-0.2, -0.15) is 0 Å². The van der Waals surface area contributed by atoms with E-state index in [1.165, 1.54) is 6.07 Å². The van der Waals surface area contributed by atoms with Crippen LogP contribution in [0.5, 0.6) is 5.75 Å². The summed E-state index contributed by atoms with van der Waals surface area (Å²) in [6.07, 6.45) is -0.0872. The Labute approximate surface area is 119 Å². The van der Waals surface area contributed by atoms with Crippen LogP contribution in [-0.4, -0.2) is 46.5 Å². The maximum atomic E-state index is 13.2. The largest absolute Gasteiger partial charge is 0.507 e. The summed E-state index contributed by atoms with van der Waals surface area (Å²) in [5.74, 6) is -1.13. The van der Waals surface area contributed by atoms with E-state index in [0.717, 1.165) is 12.1 Å². The number of aromatic hydroxyl groups is 1. The van der Waals surface area contributed by atoms with Crippen LogP contribution in [0.25, 0.3) is 0 Å². The van der Waals surface area contributed by atoms with Crippen molar-refractivity contribution in [2.75, 3.05) is 18.5 Å². The Morgan fingerprint density at radius 1 is 1.63 bits per heavy atom. The molecule has 0 spiro atoms. The topological polar surface area (TPSA) is 49.8 Å². The van der Waals surface area contributed by atoms with Crippen molar-refractivity contribution in [3.63, 3.8) is 0 Å². The van der Waals surface area contributed by atoms with Gasteiger partial charge in [-0.05, 0) is 25.1 Å². The Morgan fingerprint density at radius 3 is 3.05 bits per heavy atom. The molecular formula is C13H15BrFNO3. The third kappa shape index (κ3) is 3.06. The molecule has 1 N–H and O–H groups in total. The second-order valence-corrected chi connectivity index (χ2v) is 5.23. The molecular weight excluding hydrogens is 317 g/mol. The first-order chi connectivity index (χ1) is 9.02. The number of halogens is 2. The van der Waals surface area contributed by atoms with Gasteiger partial charge in [0.15, 0.2) is 0 Å². The Morgan fingerprint density at radius 2 is 2.37 bits per heavy atom. The van der Waals surface area contributed by atoms with Crippen LogP contribution < -0.4 is 0 Å². The summed E-state index contributed by atoms with van der Waals surface area (Å²) in [7, 11) is 0. The minimum atomic E-state index is -0.542. The highest BCUT2D eigenvalue weighted by Crippen LogP contribution is 2.23. The summed E-state index contributed by atoms with van der Waals surface area (Å²) in [4.78, 5) is 14.0. The zero-order chi connectivity index (χ0) is 14.0. The quantitative estimate of drug-likeness (QED) is 0.845. The summed E-state index contributed by atoms with van der Waals surface area (Å²) < 4.78 is 18.7. The van der Waals surface area contributed by atoms with Gasteiger partial charge in [-0.3, -0.25) is 4.79 Å². The number of phenols is 1. The predicted octanol–water partition coefficient (Wildman–Crippen LogP) is 2.16. The maximum absolute atomic E-state index is 13.2. The molecule has 0 saturated carbocycles. The maximum Gasteiger partial charge on any atom is 0.258 e. The highest BCUT2D eigenvalue weighted by atomic mass is 79.9. The summed E-state index contributed by atoms with van der Waals surface area (Å²) in [6.45, 7) is 2.71. The molecule has 19 heavy (non-hydrogen) atoms. The number of rotatable bonds is 2. The number of hydrogen-bond acceptors (Lipinski definition) is 3. The monoisotopic (exact) mass is 331 g/mol. The molecule has 0 aliphatic carbocycles. The van der Waals surface area contributed by atoms with Crippen molar-refractivity contribution in [1.29, 1.82) is 0 Å². The van der Waals surface area contributed by atoms with Crippen molar-refractivity contribution in [2.24, 2.45) is 0 Å². The van der Waals surface area contributed by atoms with Crippen molar-refractivity contribution < 1.29 is 19.0 Å². The molecule has 104 valence electrons. The van der Waals surface area contributed by atoms with Gasteiger partial charge in [0.2, 0.25) is 0 Å². The van der Waals surface area contributed by atoms with Gasteiger partial charge in [0.1, 0.15) is 11.6 Å². The van der Waals surface area contributed by atoms with Gasteiger partial charge in [-0.25, -0.2) is 4.39 Å². The van der Waals surface area contributed by atoms with Crippen molar-refractivity contribution >= 4 is 21.8 Å². The lowest BCUT2D eigenvalue weighted by molar-refractivity contribution is -0.0362. The van der Waals surface area contributed by atoms with E-state index < -0.39 is 5.82 Å². The number of phenolic OH excluding ortho intramolecular Hbond substituents is 1. The van der Waals surface area contributed by atoms with Crippen molar-refractivity contribution in [1.82, 2.24) is 4.90 Å². The highest BCUT2D eigenvalue weighted by Gasteiger charge is 2.31. The third-order valence-corrected chi connectivity index (χ3v) is 3.85. The van der Waals surface area contributed by atoms with Crippen LogP contribution in [0.4, 0.5) is 4.39 Å². The van der Waals surface area contributed by atoms with Crippen LogP contribution >= 0.6 is 15.9 Å². The number of alkyl halides is 1. The molecule has 0 bridgehead atoms. The van der Waals surface area contributed by atoms with Gasteiger partial charge in [0.05, 0.1) is 24.3 Å². The van der Waals surface area contributed by atoms with Gasteiger partial charge in [-0.1, -0.05) is 15.9 Å². The molecule has 1 aliphatic heterocycles. The Hall–Kier alpha value is -1.14.